The van der Waals surface area contributed by atoms with Crippen LogP contribution in [0.4, 0.5) is 0 Å². The molecule has 0 atom stereocenters. The molecule has 1 heterocycles. The molecule has 0 fully saturated rings. The number of rotatable bonds is 2. The Balaban J connectivity index is 0.000000286. The smallest absolute Gasteiger partial charge is 0.414 e. The van der Waals surface area contributed by atoms with Gasteiger partial charge in [-0.15, -0.1) is 0 Å². The van der Waals surface area contributed by atoms with Gasteiger partial charge < -0.3 is 19.9 Å². The molecule has 0 aliphatic carbocycles. The minimum Gasteiger partial charge on any atom is -0.497 e. The Morgan fingerprint density at radius 1 is 1.20 bits per heavy atom. The van der Waals surface area contributed by atoms with Gasteiger partial charge in [-0.1, -0.05) is 13.8 Å². The highest BCUT2D eigenvalue weighted by Crippen LogP contribution is 2.28. The first-order valence-electron chi connectivity index (χ1n) is 5.98. The molecule has 0 bridgehead atoms. The molecular weight excluding hydrogens is 262 g/mol. The van der Waals surface area contributed by atoms with Crippen LogP contribution in [0.1, 0.15) is 25.3 Å². The van der Waals surface area contributed by atoms with Crippen LogP contribution in [0.3, 0.4) is 0 Å². The number of fused-ring (bicyclic) bond motifs is 1. The predicted molar refractivity (Wildman–Crippen MR) is 74.2 cm³/mol. The van der Waals surface area contributed by atoms with Gasteiger partial charge in [-0.25, -0.2) is 9.59 Å². The summed E-state index contributed by atoms with van der Waals surface area (Å²) in [7, 11) is 1.70. The molecule has 0 aliphatic heterocycles. The number of aromatic amines is 1. The average Bonchev–Trinajstić information content (AvgIpc) is 2.81. The van der Waals surface area contributed by atoms with E-state index in [-0.39, 0.29) is 0 Å². The summed E-state index contributed by atoms with van der Waals surface area (Å²) in [6.45, 7) is 4.39. The number of methoxy groups -OCH3 is 1. The first kappa shape index (κ1) is 15.6. The van der Waals surface area contributed by atoms with Crippen LogP contribution in [0.25, 0.3) is 10.9 Å². The number of carboxylic acid groups (broad SMARTS) is 2. The van der Waals surface area contributed by atoms with Gasteiger partial charge >= 0.3 is 11.9 Å². The highest BCUT2D eigenvalue weighted by molar-refractivity contribution is 6.27. The van der Waals surface area contributed by atoms with Crippen LogP contribution in [0, 0.1) is 0 Å². The van der Waals surface area contributed by atoms with Crippen LogP contribution in [-0.4, -0.2) is 34.2 Å². The minimum absolute atomic E-state index is 0.538. The fourth-order valence-corrected chi connectivity index (χ4v) is 1.73. The van der Waals surface area contributed by atoms with Gasteiger partial charge in [-0.3, -0.25) is 0 Å². The largest absolute Gasteiger partial charge is 0.497 e. The van der Waals surface area contributed by atoms with Crippen molar-refractivity contribution in [2.45, 2.75) is 19.8 Å². The summed E-state index contributed by atoms with van der Waals surface area (Å²) >= 11 is 0. The highest BCUT2D eigenvalue weighted by Gasteiger charge is 2.07. The second-order valence-electron chi connectivity index (χ2n) is 4.42. The normalized spacial score (nSPS) is 10.0. The number of hydrogen-bond acceptors (Lipinski definition) is 3. The van der Waals surface area contributed by atoms with Crippen molar-refractivity contribution in [1.82, 2.24) is 4.98 Å². The van der Waals surface area contributed by atoms with Crippen LogP contribution < -0.4 is 4.74 Å². The summed E-state index contributed by atoms with van der Waals surface area (Å²) in [6.07, 6.45) is 2.08. The molecule has 108 valence electrons. The molecule has 2 rings (SSSR count). The Hall–Kier alpha value is -2.50. The zero-order valence-corrected chi connectivity index (χ0v) is 11.5. The van der Waals surface area contributed by atoms with E-state index in [1.165, 1.54) is 16.5 Å². The lowest BCUT2D eigenvalue weighted by Crippen LogP contribution is -2.09. The molecule has 6 heteroatoms. The van der Waals surface area contributed by atoms with E-state index in [4.69, 9.17) is 24.5 Å². The molecule has 20 heavy (non-hydrogen) atoms. The molecule has 1 aromatic heterocycles. The van der Waals surface area contributed by atoms with E-state index in [1.54, 1.807) is 7.11 Å². The summed E-state index contributed by atoms with van der Waals surface area (Å²) in [5.41, 5.74) is 2.52. The van der Waals surface area contributed by atoms with Gasteiger partial charge in [0.1, 0.15) is 5.75 Å². The first-order chi connectivity index (χ1) is 9.36. The zero-order valence-electron chi connectivity index (χ0n) is 11.5. The lowest BCUT2D eigenvalue weighted by molar-refractivity contribution is -0.159. The van der Waals surface area contributed by atoms with E-state index in [2.05, 4.69) is 37.2 Å². The fourth-order valence-electron chi connectivity index (χ4n) is 1.73. The van der Waals surface area contributed by atoms with Crippen LogP contribution in [0.5, 0.6) is 5.75 Å². The molecule has 1 aromatic carbocycles. The number of hydrogen-bond donors (Lipinski definition) is 3. The topological polar surface area (TPSA) is 99.6 Å². The molecule has 0 radical (unpaired) electrons. The quantitative estimate of drug-likeness (QED) is 0.733. The third kappa shape index (κ3) is 3.74. The number of aliphatic carboxylic acids is 2. The van der Waals surface area contributed by atoms with Crippen molar-refractivity contribution < 1.29 is 24.5 Å². The summed E-state index contributed by atoms with van der Waals surface area (Å²) in [5, 5.41) is 16.0. The van der Waals surface area contributed by atoms with Crippen molar-refractivity contribution in [3.8, 4) is 5.75 Å². The molecule has 2 aromatic rings. The van der Waals surface area contributed by atoms with Crippen molar-refractivity contribution in [1.29, 1.82) is 0 Å². The molecule has 6 nitrogen and oxygen atoms in total. The molecular formula is C14H17NO5. The summed E-state index contributed by atoms with van der Waals surface area (Å²) in [5.74, 6) is -2.19. The van der Waals surface area contributed by atoms with E-state index in [1.807, 2.05) is 6.07 Å². The van der Waals surface area contributed by atoms with Crippen LogP contribution in [-0.2, 0) is 9.59 Å². The molecule has 0 aliphatic rings. The summed E-state index contributed by atoms with van der Waals surface area (Å²) in [6, 6.07) is 6.12. The van der Waals surface area contributed by atoms with Crippen molar-refractivity contribution in [2.75, 3.05) is 7.11 Å². The Bertz CT molecular complexity index is 603. The molecule has 0 spiro atoms. The third-order valence-electron chi connectivity index (χ3n) is 2.73. The van der Waals surface area contributed by atoms with E-state index in [9.17, 15) is 0 Å². The Labute approximate surface area is 116 Å². The number of ether oxygens (including phenoxy) is 1. The van der Waals surface area contributed by atoms with Gasteiger partial charge in [0.15, 0.2) is 0 Å². The Kier molecular flexibility index (Phi) is 5.14. The second-order valence-corrected chi connectivity index (χ2v) is 4.42. The van der Waals surface area contributed by atoms with Crippen molar-refractivity contribution in [3.05, 3.63) is 30.0 Å². The maximum Gasteiger partial charge on any atom is 0.414 e. The minimum atomic E-state index is -1.82. The number of carboxylic acids is 2. The van der Waals surface area contributed by atoms with E-state index >= 15 is 0 Å². The maximum absolute atomic E-state index is 9.10. The zero-order chi connectivity index (χ0) is 15.3. The van der Waals surface area contributed by atoms with Crippen molar-refractivity contribution in [3.63, 3.8) is 0 Å². The lowest BCUT2D eigenvalue weighted by atomic mass is 10.0. The third-order valence-corrected chi connectivity index (χ3v) is 2.73. The van der Waals surface area contributed by atoms with Gasteiger partial charge in [0.05, 0.1) is 7.11 Å². The SMILES string of the molecule is COc1ccc2[nH]cc(C(C)C)c2c1.O=C(O)C(=O)O. The predicted octanol–water partition coefficient (Wildman–Crippen LogP) is 2.46. The first-order valence-corrected chi connectivity index (χ1v) is 5.98. The van der Waals surface area contributed by atoms with Gasteiger partial charge in [0.25, 0.3) is 0 Å². The number of carbonyl (C=O) groups is 2. The van der Waals surface area contributed by atoms with Crippen molar-refractivity contribution >= 4 is 22.8 Å². The highest BCUT2D eigenvalue weighted by atomic mass is 16.5. The van der Waals surface area contributed by atoms with Crippen LogP contribution in [0.15, 0.2) is 24.4 Å². The lowest BCUT2D eigenvalue weighted by Gasteiger charge is -2.03. The van der Waals surface area contributed by atoms with E-state index in [0.717, 1.165) is 5.75 Å². The number of H-pyrrole nitrogens is 1. The second kappa shape index (κ2) is 6.60. The monoisotopic (exact) mass is 279 g/mol. The molecule has 0 unspecified atom stereocenters. The number of benzene rings is 1. The molecule has 0 saturated heterocycles. The summed E-state index contributed by atoms with van der Waals surface area (Å²) < 4.78 is 5.21. The average molecular weight is 279 g/mol. The molecule has 3 N–H and O–H groups in total. The van der Waals surface area contributed by atoms with Crippen LogP contribution in [0.2, 0.25) is 0 Å². The molecule has 0 amide bonds. The molecule has 0 saturated carbocycles. The van der Waals surface area contributed by atoms with Gasteiger partial charge in [0, 0.05) is 17.1 Å². The van der Waals surface area contributed by atoms with E-state index < -0.39 is 11.9 Å². The number of nitrogens with one attached hydrogen (secondary N) is 1. The Morgan fingerprint density at radius 2 is 1.80 bits per heavy atom. The van der Waals surface area contributed by atoms with Gasteiger partial charge in [-0.2, -0.15) is 0 Å². The van der Waals surface area contributed by atoms with Gasteiger partial charge in [0.2, 0.25) is 0 Å². The van der Waals surface area contributed by atoms with E-state index in [0.29, 0.717) is 5.92 Å². The van der Waals surface area contributed by atoms with Crippen LogP contribution >= 0.6 is 0 Å². The summed E-state index contributed by atoms with van der Waals surface area (Å²) in [4.78, 5) is 21.5. The standard InChI is InChI=1S/C12H15NO.C2H2O4/c1-8(2)11-7-13-12-5-4-9(14-3)6-10(11)12;3-1(4)2(5)6/h4-8,13H,1-3H3;(H,3,4)(H,5,6). The Morgan fingerprint density at radius 3 is 2.25 bits per heavy atom. The van der Waals surface area contributed by atoms with Crippen molar-refractivity contribution in [2.24, 2.45) is 0 Å². The fraction of sp³-hybridized carbons (Fsp3) is 0.286. The number of aromatic nitrogens is 1. The van der Waals surface area contributed by atoms with Gasteiger partial charge in [-0.05, 0) is 29.7 Å². The maximum atomic E-state index is 9.10.